The molecule has 3 aromatic heterocycles. The van der Waals surface area contributed by atoms with E-state index >= 15 is 8.78 Å². The van der Waals surface area contributed by atoms with Crippen molar-refractivity contribution in [3.63, 3.8) is 0 Å². The highest BCUT2D eigenvalue weighted by Gasteiger charge is 2.27. The maximum absolute atomic E-state index is 16.0. The Balaban J connectivity index is 1.78. The largest absolute Gasteiger partial charge is 0.492 e. The Bertz CT molecular complexity index is 1620. The Morgan fingerprint density at radius 3 is 2.17 bits per heavy atom. The second-order valence-electron chi connectivity index (χ2n) is 12.7. The van der Waals surface area contributed by atoms with Crippen molar-refractivity contribution in [1.29, 1.82) is 0 Å². The van der Waals surface area contributed by atoms with Crippen molar-refractivity contribution >= 4 is 39.4 Å². The number of fused-ring (bicyclic) bond motifs is 1. The van der Waals surface area contributed by atoms with Crippen molar-refractivity contribution in [2.45, 2.75) is 125 Å². The van der Waals surface area contributed by atoms with Gasteiger partial charge in [0.25, 0.3) is 0 Å². The van der Waals surface area contributed by atoms with Crippen LogP contribution in [0.5, 0.6) is 5.75 Å². The highest BCUT2D eigenvalue weighted by molar-refractivity contribution is 7.24. The molecule has 250 valence electrons. The third kappa shape index (κ3) is 8.55. The molecule has 2 unspecified atom stereocenters. The van der Waals surface area contributed by atoms with Crippen LogP contribution < -0.4 is 4.74 Å². The minimum absolute atomic E-state index is 0.117. The number of nitrogens with zero attached hydrogens (tertiary/aromatic N) is 4. The Morgan fingerprint density at radius 2 is 1.50 bits per heavy atom. The molecule has 0 N–H and O–H groups in total. The molecule has 0 fully saturated rings. The topological polar surface area (TPSA) is 44.3 Å². The lowest BCUT2D eigenvalue weighted by atomic mass is 9.96. The first-order valence-corrected chi connectivity index (χ1v) is 18.9. The van der Waals surface area contributed by atoms with Crippen LogP contribution in [0.4, 0.5) is 14.5 Å². The highest BCUT2D eigenvalue weighted by Crippen LogP contribution is 2.51. The molecule has 1 aromatic carbocycles. The van der Waals surface area contributed by atoms with E-state index in [4.69, 9.17) is 16.4 Å². The molecule has 0 amide bonds. The van der Waals surface area contributed by atoms with E-state index < -0.39 is 11.6 Å². The zero-order chi connectivity index (χ0) is 33.2. The van der Waals surface area contributed by atoms with Gasteiger partial charge in [-0.25, -0.2) is 13.6 Å². The van der Waals surface area contributed by atoms with E-state index in [9.17, 15) is 0 Å². The van der Waals surface area contributed by atoms with Crippen LogP contribution in [-0.4, -0.2) is 21.6 Å². The van der Waals surface area contributed by atoms with Gasteiger partial charge in [-0.3, -0.25) is 0 Å². The van der Waals surface area contributed by atoms with Gasteiger partial charge < -0.3 is 4.74 Å². The molecule has 0 aliphatic heterocycles. The third-order valence-electron chi connectivity index (χ3n) is 8.97. The summed E-state index contributed by atoms with van der Waals surface area (Å²) in [5.41, 5.74) is 1.59. The number of hydrogen-bond acceptors (Lipinski definition) is 5. The third-order valence-corrected chi connectivity index (χ3v) is 11.3. The Hall–Kier alpha value is -2.83. The average Bonchev–Trinajstić information content (AvgIpc) is 3.77. The average molecular weight is 669 g/mol. The second kappa shape index (κ2) is 17.4. The summed E-state index contributed by atoms with van der Waals surface area (Å²) in [6.45, 7) is 21.3. The Morgan fingerprint density at radius 1 is 0.826 bits per heavy atom. The van der Waals surface area contributed by atoms with E-state index in [0.29, 0.717) is 52.3 Å². The molecule has 0 spiro atoms. The maximum atomic E-state index is 16.0. The molecule has 0 bridgehead atoms. The van der Waals surface area contributed by atoms with Crippen LogP contribution >= 0.6 is 22.7 Å². The number of aryl methyl sites for hydroxylation is 2. The molecule has 4 rings (SSSR count). The Kier molecular flexibility index (Phi) is 13.6. The number of hydrogen-bond donors (Lipinski definition) is 0. The van der Waals surface area contributed by atoms with E-state index in [-0.39, 0.29) is 11.1 Å². The summed E-state index contributed by atoms with van der Waals surface area (Å²) < 4.78 is 38.1. The first-order valence-electron chi connectivity index (χ1n) is 17.2. The van der Waals surface area contributed by atoms with E-state index in [1.165, 1.54) is 48.4 Å². The van der Waals surface area contributed by atoms with Crippen LogP contribution in [0.2, 0.25) is 0 Å². The molecule has 46 heavy (non-hydrogen) atoms. The summed E-state index contributed by atoms with van der Waals surface area (Å²) >= 11 is 2.88. The molecule has 0 saturated carbocycles. The van der Waals surface area contributed by atoms with E-state index in [1.807, 2.05) is 19.1 Å². The van der Waals surface area contributed by atoms with Gasteiger partial charge in [0, 0.05) is 10.4 Å². The summed E-state index contributed by atoms with van der Waals surface area (Å²) in [6, 6.07) is 3.71. The summed E-state index contributed by atoms with van der Waals surface area (Å²) in [6.07, 6.45) is 13.6. The molecule has 0 saturated heterocycles. The van der Waals surface area contributed by atoms with Crippen LogP contribution in [0.1, 0.15) is 115 Å². The molecule has 2 atom stereocenters. The van der Waals surface area contributed by atoms with E-state index in [1.54, 1.807) is 11.7 Å². The first kappa shape index (κ1) is 36.0. The SMILES string of the molecule is [C-]#[N+]c1cc(C)sc1-c1sc(-c2c(F)c(F)c(C)c3nn(CC(CC)CCCC)nc23)cc1OCC(CCCC)CCCCCC. The number of aromatic nitrogens is 3. The second-order valence-corrected chi connectivity index (χ2v) is 15.0. The van der Waals surface area contributed by atoms with Gasteiger partial charge in [-0.15, -0.1) is 11.3 Å². The van der Waals surface area contributed by atoms with Crippen molar-refractivity contribution < 1.29 is 13.5 Å². The van der Waals surface area contributed by atoms with Crippen LogP contribution in [0, 0.1) is 43.9 Å². The number of benzene rings is 1. The fraction of sp³-hybridized carbons (Fsp3) is 0.595. The van der Waals surface area contributed by atoms with Crippen molar-refractivity contribution in [1.82, 2.24) is 15.0 Å². The highest BCUT2D eigenvalue weighted by atomic mass is 32.1. The van der Waals surface area contributed by atoms with Crippen LogP contribution in [0.15, 0.2) is 12.1 Å². The fourth-order valence-electron chi connectivity index (χ4n) is 6.09. The predicted octanol–water partition coefficient (Wildman–Crippen LogP) is 12.7. The van der Waals surface area contributed by atoms with Gasteiger partial charge in [0.2, 0.25) is 5.69 Å². The van der Waals surface area contributed by atoms with Gasteiger partial charge in [-0.05, 0) is 62.0 Å². The quantitative estimate of drug-likeness (QED) is 0.0738. The molecular weight excluding hydrogens is 619 g/mol. The number of halogens is 2. The summed E-state index contributed by atoms with van der Waals surface area (Å²) in [5, 5.41) is 9.45. The molecule has 0 radical (unpaired) electrons. The minimum Gasteiger partial charge on any atom is -0.492 e. The first-order chi connectivity index (χ1) is 22.3. The lowest BCUT2D eigenvalue weighted by molar-refractivity contribution is 0.226. The van der Waals surface area contributed by atoms with Gasteiger partial charge in [0.05, 0.1) is 35.0 Å². The zero-order valence-corrected chi connectivity index (χ0v) is 30.1. The van der Waals surface area contributed by atoms with Crippen LogP contribution in [-0.2, 0) is 6.54 Å². The van der Waals surface area contributed by atoms with Gasteiger partial charge in [0.15, 0.2) is 11.6 Å². The molecule has 4 aromatic rings. The number of unbranched alkanes of at least 4 members (excludes halogenated alkanes) is 5. The summed E-state index contributed by atoms with van der Waals surface area (Å²) in [7, 11) is 0. The van der Waals surface area contributed by atoms with Crippen LogP contribution in [0.3, 0.4) is 0 Å². The van der Waals surface area contributed by atoms with Gasteiger partial charge >= 0.3 is 0 Å². The Labute approximate surface area is 282 Å². The molecule has 9 heteroatoms. The summed E-state index contributed by atoms with van der Waals surface area (Å²) in [4.78, 5) is 8.56. The summed E-state index contributed by atoms with van der Waals surface area (Å²) in [5.74, 6) is -0.388. The molecular formula is C37H50F2N4OS2. The molecule has 5 nitrogen and oxygen atoms in total. The lowest BCUT2D eigenvalue weighted by Gasteiger charge is -2.18. The monoisotopic (exact) mass is 668 g/mol. The standard InChI is InChI=1S/C37H50F2N4OS2/c1-8-12-15-16-19-27(18-14-10-3)23-44-29-21-30(46-37(29)36-28(40-7)20-24(5)45-36)31-33(39)32(38)25(6)34-35(31)42-43(41-34)22-26(11-4)17-13-9-2/h20-21,26-27H,8-19,22-23H2,1-6H3. The molecule has 0 aliphatic carbocycles. The maximum Gasteiger partial charge on any atom is 0.206 e. The van der Waals surface area contributed by atoms with Crippen molar-refractivity contribution in [2.24, 2.45) is 11.8 Å². The van der Waals surface area contributed by atoms with Gasteiger partial charge in [0.1, 0.15) is 16.8 Å². The molecule has 0 aliphatic rings. The predicted molar refractivity (Wildman–Crippen MR) is 190 cm³/mol. The van der Waals surface area contributed by atoms with Gasteiger partial charge in [-0.2, -0.15) is 26.3 Å². The number of rotatable bonds is 19. The van der Waals surface area contributed by atoms with E-state index in [2.05, 4.69) is 37.6 Å². The smallest absolute Gasteiger partial charge is 0.206 e. The van der Waals surface area contributed by atoms with Crippen molar-refractivity contribution in [3.8, 4) is 25.9 Å². The van der Waals surface area contributed by atoms with Gasteiger partial charge in [-0.1, -0.05) is 85.5 Å². The normalized spacial score (nSPS) is 12.9. The number of thiophene rings is 2. The molecule has 3 heterocycles. The lowest BCUT2D eigenvalue weighted by Crippen LogP contribution is -2.12. The number of ether oxygens (including phenoxy) is 1. The van der Waals surface area contributed by atoms with Crippen molar-refractivity contribution in [3.05, 3.63) is 45.6 Å². The van der Waals surface area contributed by atoms with Crippen LogP contribution in [0.25, 0.3) is 36.1 Å². The fourth-order valence-corrected chi connectivity index (χ4v) is 8.32. The minimum atomic E-state index is -0.918. The van der Waals surface area contributed by atoms with Crippen molar-refractivity contribution in [2.75, 3.05) is 6.61 Å². The van der Waals surface area contributed by atoms with E-state index in [0.717, 1.165) is 66.0 Å². The zero-order valence-electron chi connectivity index (χ0n) is 28.5.